The van der Waals surface area contributed by atoms with E-state index in [1.165, 1.54) is 12.1 Å². The Kier molecular flexibility index (Phi) is 4.43. The lowest BCUT2D eigenvalue weighted by molar-refractivity contribution is 0.0696. The van der Waals surface area contributed by atoms with Gasteiger partial charge in [-0.15, -0.1) is 0 Å². The molecule has 2 rings (SSSR count). The first-order valence-electron chi connectivity index (χ1n) is 6.29. The second kappa shape index (κ2) is 6.10. The molecule has 0 saturated heterocycles. The maximum Gasteiger partial charge on any atom is 0.335 e. The van der Waals surface area contributed by atoms with Gasteiger partial charge in [0.05, 0.1) is 5.56 Å². The van der Waals surface area contributed by atoms with Crippen molar-refractivity contribution in [3.8, 4) is 0 Å². The minimum atomic E-state index is -1.04. The van der Waals surface area contributed by atoms with Crippen molar-refractivity contribution in [1.29, 1.82) is 0 Å². The normalized spacial score (nSPS) is 10.2. The first kappa shape index (κ1) is 15.3. The molecule has 4 nitrogen and oxygen atoms in total. The minimum Gasteiger partial charge on any atom is -0.478 e. The molecule has 0 saturated carbocycles. The van der Waals surface area contributed by atoms with Crippen molar-refractivity contribution in [2.24, 2.45) is 0 Å². The predicted molar refractivity (Wildman–Crippen MR) is 85.0 cm³/mol. The highest BCUT2D eigenvalue weighted by atomic mass is 79.9. The van der Waals surface area contributed by atoms with Gasteiger partial charge in [-0.3, -0.25) is 4.79 Å². The van der Waals surface area contributed by atoms with E-state index in [-0.39, 0.29) is 11.5 Å². The summed E-state index contributed by atoms with van der Waals surface area (Å²) in [7, 11) is 0. The fraction of sp³-hybridized carbons (Fsp3) is 0.125. The van der Waals surface area contributed by atoms with Crippen LogP contribution < -0.4 is 5.32 Å². The molecule has 0 unspecified atom stereocenters. The summed E-state index contributed by atoms with van der Waals surface area (Å²) < 4.78 is 0.596. The monoisotopic (exact) mass is 347 g/mol. The van der Waals surface area contributed by atoms with Crippen LogP contribution in [0.25, 0.3) is 0 Å². The third-order valence-corrected chi connectivity index (χ3v) is 3.50. The number of anilines is 1. The number of aryl methyl sites for hydroxylation is 2. The Bertz CT molecular complexity index is 725. The Balaban J connectivity index is 2.31. The van der Waals surface area contributed by atoms with E-state index in [4.69, 9.17) is 5.11 Å². The largest absolute Gasteiger partial charge is 0.478 e. The molecule has 0 heterocycles. The average Bonchev–Trinajstić information content (AvgIpc) is 2.40. The summed E-state index contributed by atoms with van der Waals surface area (Å²) in [5.74, 6) is -1.30. The van der Waals surface area contributed by atoms with Gasteiger partial charge in [0.15, 0.2) is 0 Å². The number of nitrogens with one attached hydrogen (secondary N) is 1. The van der Waals surface area contributed by atoms with Crippen LogP contribution in [0.15, 0.2) is 40.9 Å². The molecule has 0 atom stereocenters. The lowest BCUT2D eigenvalue weighted by Gasteiger charge is -2.10. The number of carbonyl (C=O) groups excluding carboxylic acids is 1. The number of carboxylic acids is 1. The fourth-order valence-electron chi connectivity index (χ4n) is 1.96. The second-order valence-electron chi connectivity index (χ2n) is 4.81. The van der Waals surface area contributed by atoms with Gasteiger partial charge in [0, 0.05) is 15.7 Å². The summed E-state index contributed by atoms with van der Waals surface area (Å²) >= 11 is 3.24. The Labute approximate surface area is 130 Å². The van der Waals surface area contributed by atoms with Crippen molar-refractivity contribution in [3.05, 3.63) is 63.1 Å². The summed E-state index contributed by atoms with van der Waals surface area (Å²) in [5.41, 5.74) is 2.98. The van der Waals surface area contributed by atoms with Gasteiger partial charge in [-0.2, -0.15) is 0 Å². The minimum absolute atomic E-state index is 0.112. The van der Waals surface area contributed by atoms with Crippen molar-refractivity contribution in [2.75, 3.05) is 5.32 Å². The SMILES string of the molecule is Cc1ccc(C)c(C(=O)Nc2cc(Br)cc(C(=O)O)c2)c1. The molecule has 0 radical (unpaired) electrons. The number of benzene rings is 2. The van der Waals surface area contributed by atoms with Gasteiger partial charge in [-0.1, -0.05) is 33.6 Å². The standard InChI is InChI=1S/C16H14BrNO3/c1-9-3-4-10(2)14(5-9)15(19)18-13-7-11(16(20)21)6-12(17)8-13/h3-8H,1-2H3,(H,18,19)(H,20,21). The first-order chi connectivity index (χ1) is 9.86. The zero-order valence-electron chi connectivity index (χ0n) is 11.6. The van der Waals surface area contributed by atoms with Gasteiger partial charge in [-0.25, -0.2) is 4.79 Å². The van der Waals surface area contributed by atoms with Crippen LogP contribution in [0.1, 0.15) is 31.8 Å². The van der Waals surface area contributed by atoms with Crippen LogP contribution in [-0.2, 0) is 0 Å². The van der Waals surface area contributed by atoms with Gasteiger partial charge in [0.25, 0.3) is 5.91 Å². The molecule has 0 aromatic heterocycles. The number of carbonyl (C=O) groups is 2. The third-order valence-electron chi connectivity index (χ3n) is 3.04. The van der Waals surface area contributed by atoms with E-state index in [0.29, 0.717) is 15.7 Å². The van der Waals surface area contributed by atoms with Crippen LogP contribution >= 0.6 is 15.9 Å². The summed E-state index contributed by atoms with van der Waals surface area (Å²) in [5, 5.41) is 11.8. The summed E-state index contributed by atoms with van der Waals surface area (Å²) in [6.07, 6.45) is 0. The smallest absolute Gasteiger partial charge is 0.335 e. The highest BCUT2D eigenvalue weighted by Gasteiger charge is 2.12. The number of rotatable bonds is 3. The van der Waals surface area contributed by atoms with E-state index >= 15 is 0 Å². The fourth-order valence-corrected chi connectivity index (χ4v) is 2.46. The van der Waals surface area contributed by atoms with Crippen LogP contribution in [-0.4, -0.2) is 17.0 Å². The molecule has 21 heavy (non-hydrogen) atoms. The van der Waals surface area contributed by atoms with Crippen molar-refractivity contribution in [3.63, 3.8) is 0 Å². The Morgan fingerprint density at radius 1 is 1.10 bits per heavy atom. The van der Waals surface area contributed by atoms with Crippen molar-refractivity contribution in [1.82, 2.24) is 0 Å². The predicted octanol–water partition coefficient (Wildman–Crippen LogP) is 4.02. The van der Waals surface area contributed by atoms with Crippen molar-refractivity contribution < 1.29 is 14.7 Å². The van der Waals surface area contributed by atoms with Gasteiger partial charge in [0.2, 0.25) is 0 Å². The number of hydrogen-bond acceptors (Lipinski definition) is 2. The van der Waals surface area contributed by atoms with Gasteiger partial charge < -0.3 is 10.4 Å². The average molecular weight is 348 g/mol. The second-order valence-corrected chi connectivity index (χ2v) is 5.72. The topological polar surface area (TPSA) is 66.4 Å². The van der Waals surface area contributed by atoms with E-state index in [0.717, 1.165) is 11.1 Å². The molecule has 0 aliphatic carbocycles. The molecular weight excluding hydrogens is 334 g/mol. The highest BCUT2D eigenvalue weighted by Crippen LogP contribution is 2.21. The van der Waals surface area contributed by atoms with E-state index in [1.54, 1.807) is 12.1 Å². The molecule has 5 heteroatoms. The van der Waals surface area contributed by atoms with Crippen LogP contribution in [0.2, 0.25) is 0 Å². The quantitative estimate of drug-likeness (QED) is 0.881. The zero-order chi connectivity index (χ0) is 15.6. The van der Waals surface area contributed by atoms with Crippen LogP contribution in [0.5, 0.6) is 0 Å². The summed E-state index contributed by atoms with van der Waals surface area (Å²) in [6.45, 7) is 3.77. The summed E-state index contributed by atoms with van der Waals surface area (Å²) in [4.78, 5) is 23.3. The van der Waals surface area contributed by atoms with E-state index in [1.807, 2.05) is 26.0 Å². The molecule has 2 N–H and O–H groups in total. The van der Waals surface area contributed by atoms with E-state index in [9.17, 15) is 9.59 Å². The van der Waals surface area contributed by atoms with Gasteiger partial charge in [0.1, 0.15) is 0 Å². The lowest BCUT2D eigenvalue weighted by atomic mass is 10.0. The number of aromatic carboxylic acids is 1. The first-order valence-corrected chi connectivity index (χ1v) is 7.08. The number of carboxylic acid groups (broad SMARTS) is 1. The van der Waals surface area contributed by atoms with Crippen molar-refractivity contribution >= 4 is 33.5 Å². The maximum absolute atomic E-state index is 12.3. The van der Waals surface area contributed by atoms with Gasteiger partial charge >= 0.3 is 5.97 Å². The van der Waals surface area contributed by atoms with Crippen LogP contribution in [0.4, 0.5) is 5.69 Å². The molecule has 0 aliphatic rings. The molecule has 0 aliphatic heterocycles. The van der Waals surface area contributed by atoms with Crippen LogP contribution in [0, 0.1) is 13.8 Å². The molecule has 2 aromatic rings. The molecule has 0 bridgehead atoms. The Morgan fingerprint density at radius 3 is 2.48 bits per heavy atom. The maximum atomic E-state index is 12.3. The molecule has 108 valence electrons. The number of halogens is 1. The number of hydrogen-bond donors (Lipinski definition) is 2. The summed E-state index contributed by atoms with van der Waals surface area (Å²) in [6, 6.07) is 10.2. The highest BCUT2D eigenvalue weighted by molar-refractivity contribution is 9.10. The zero-order valence-corrected chi connectivity index (χ0v) is 13.2. The molecule has 0 fully saturated rings. The van der Waals surface area contributed by atoms with E-state index in [2.05, 4.69) is 21.2 Å². The van der Waals surface area contributed by atoms with Crippen molar-refractivity contribution in [2.45, 2.75) is 13.8 Å². The van der Waals surface area contributed by atoms with E-state index < -0.39 is 5.97 Å². The Morgan fingerprint density at radius 2 is 1.81 bits per heavy atom. The Hall–Kier alpha value is -2.14. The molecule has 2 aromatic carbocycles. The molecule has 0 spiro atoms. The van der Waals surface area contributed by atoms with Crippen LogP contribution in [0.3, 0.4) is 0 Å². The molecule has 1 amide bonds. The van der Waals surface area contributed by atoms with Gasteiger partial charge in [-0.05, 0) is 43.7 Å². The lowest BCUT2D eigenvalue weighted by Crippen LogP contribution is -2.14. The third kappa shape index (κ3) is 3.70. The molecular formula is C16H14BrNO3. The number of amides is 1.